The van der Waals surface area contributed by atoms with E-state index < -0.39 is 11.9 Å². The maximum Gasteiger partial charge on any atom is 0.355 e. The Morgan fingerprint density at radius 2 is 1.64 bits per heavy atom. The second-order valence-corrected chi connectivity index (χ2v) is 6.24. The van der Waals surface area contributed by atoms with E-state index in [0.29, 0.717) is 10.8 Å². The minimum Gasteiger partial charge on any atom is -0.465 e. The van der Waals surface area contributed by atoms with E-state index in [1.54, 1.807) is 46.1 Å². The molecule has 1 aromatic carbocycles. The number of carbonyl (C=O) groups excluding carboxylic acids is 2. The Labute approximate surface area is 167 Å². The van der Waals surface area contributed by atoms with Crippen molar-refractivity contribution in [2.75, 3.05) is 19.1 Å². The van der Waals surface area contributed by atoms with Crippen LogP contribution in [0.2, 0.25) is 5.15 Å². The molecule has 1 aromatic heterocycles. The van der Waals surface area contributed by atoms with Crippen LogP contribution < -0.4 is 4.90 Å². The molecule has 0 bridgehead atoms. The maximum absolute atomic E-state index is 12.4. The van der Waals surface area contributed by atoms with E-state index in [1.807, 2.05) is 19.1 Å². The van der Waals surface area contributed by atoms with Gasteiger partial charge in [0.05, 0.1) is 31.2 Å². The molecule has 2 heterocycles. The molecule has 0 amide bonds. The van der Waals surface area contributed by atoms with E-state index in [-0.39, 0.29) is 11.3 Å². The van der Waals surface area contributed by atoms with Gasteiger partial charge in [-0.25, -0.2) is 14.3 Å². The number of anilines is 1. The van der Waals surface area contributed by atoms with Crippen molar-refractivity contribution in [2.24, 2.45) is 0 Å². The Balaban J connectivity index is 2.06. The Kier molecular flexibility index (Phi) is 5.65. The topological polar surface area (TPSA) is 73.7 Å². The normalized spacial score (nSPS) is 13.5. The van der Waals surface area contributed by atoms with Gasteiger partial charge in [0.2, 0.25) is 0 Å². The highest BCUT2D eigenvalue weighted by Crippen LogP contribution is 2.27. The summed E-state index contributed by atoms with van der Waals surface area (Å²) < 4.78 is 11.3. The molecule has 0 spiro atoms. The Morgan fingerprint density at radius 1 is 1.00 bits per heavy atom. The van der Waals surface area contributed by atoms with Crippen LogP contribution in [0.15, 0.2) is 66.0 Å². The van der Waals surface area contributed by atoms with Gasteiger partial charge in [-0.15, -0.1) is 0 Å². The van der Waals surface area contributed by atoms with Crippen LogP contribution in [-0.4, -0.2) is 35.9 Å². The number of hydrogen-bond acceptors (Lipinski definition) is 6. The van der Waals surface area contributed by atoms with Gasteiger partial charge in [-0.05, 0) is 49.4 Å². The first-order chi connectivity index (χ1) is 13.5. The Bertz CT molecular complexity index is 1000. The van der Waals surface area contributed by atoms with Crippen molar-refractivity contribution in [3.63, 3.8) is 0 Å². The van der Waals surface area contributed by atoms with Crippen molar-refractivity contribution in [1.82, 2.24) is 9.78 Å². The van der Waals surface area contributed by atoms with E-state index in [9.17, 15) is 9.59 Å². The molecule has 0 atom stereocenters. The number of methoxy groups -OCH3 is 2. The van der Waals surface area contributed by atoms with Gasteiger partial charge in [0, 0.05) is 11.9 Å². The van der Waals surface area contributed by atoms with Gasteiger partial charge >= 0.3 is 11.9 Å². The number of esters is 2. The summed E-state index contributed by atoms with van der Waals surface area (Å²) in [7, 11) is 2.51. The molecule has 0 N–H and O–H groups in total. The van der Waals surface area contributed by atoms with Gasteiger partial charge in [0.15, 0.2) is 0 Å². The average molecular weight is 400 g/mol. The van der Waals surface area contributed by atoms with Crippen LogP contribution in [0.4, 0.5) is 5.69 Å². The molecule has 144 valence electrons. The fourth-order valence-corrected chi connectivity index (χ4v) is 3.06. The summed E-state index contributed by atoms with van der Waals surface area (Å²) in [5, 5.41) is 4.84. The molecule has 0 saturated carbocycles. The zero-order valence-electron chi connectivity index (χ0n) is 15.5. The SMILES string of the molecule is COC(=O)C1=C(C(=O)OC)N(c2ccc(-n3nc(C)cc3Cl)cc2)C=CC=C1. The number of aryl methyl sites for hydroxylation is 1. The third-order valence-corrected chi connectivity index (χ3v) is 4.32. The third-order valence-electron chi connectivity index (χ3n) is 4.05. The first kappa shape index (κ1) is 19.4. The lowest BCUT2D eigenvalue weighted by atomic mass is 10.1. The fraction of sp³-hybridized carbons (Fsp3) is 0.150. The first-order valence-electron chi connectivity index (χ1n) is 8.34. The van der Waals surface area contributed by atoms with Crippen molar-refractivity contribution >= 4 is 29.2 Å². The summed E-state index contributed by atoms with van der Waals surface area (Å²) in [6.45, 7) is 1.85. The van der Waals surface area contributed by atoms with Gasteiger partial charge < -0.3 is 14.4 Å². The molecule has 28 heavy (non-hydrogen) atoms. The minimum atomic E-state index is -0.661. The highest BCUT2D eigenvalue weighted by atomic mass is 35.5. The fourth-order valence-electron chi connectivity index (χ4n) is 2.77. The van der Waals surface area contributed by atoms with E-state index in [0.717, 1.165) is 11.4 Å². The molecule has 0 unspecified atom stereocenters. The van der Waals surface area contributed by atoms with Crippen molar-refractivity contribution < 1.29 is 19.1 Å². The van der Waals surface area contributed by atoms with Crippen molar-refractivity contribution in [3.8, 4) is 5.69 Å². The average Bonchev–Trinajstić information content (AvgIpc) is 2.91. The molecule has 7 nitrogen and oxygen atoms in total. The molecule has 3 rings (SSSR count). The van der Waals surface area contributed by atoms with Gasteiger partial charge in [-0.3, -0.25) is 0 Å². The van der Waals surface area contributed by atoms with E-state index >= 15 is 0 Å². The second kappa shape index (κ2) is 8.14. The number of aromatic nitrogens is 2. The molecule has 0 aliphatic carbocycles. The number of rotatable bonds is 4. The third kappa shape index (κ3) is 3.70. The van der Waals surface area contributed by atoms with Crippen LogP contribution in [0.3, 0.4) is 0 Å². The number of nitrogens with zero attached hydrogens (tertiary/aromatic N) is 3. The smallest absolute Gasteiger partial charge is 0.355 e. The monoisotopic (exact) mass is 399 g/mol. The van der Waals surface area contributed by atoms with Crippen LogP contribution in [-0.2, 0) is 19.1 Å². The lowest BCUT2D eigenvalue weighted by molar-refractivity contribution is -0.139. The van der Waals surface area contributed by atoms with Crippen LogP contribution >= 0.6 is 11.6 Å². The van der Waals surface area contributed by atoms with E-state index in [1.165, 1.54) is 20.3 Å². The maximum atomic E-state index is 12.4. The van der Waals surface area contributed by atoms with E-state index in [2.05, 4.69) is 5.10 Å². The molecular weight excluding hydrogens is 382 g/mol. The molecule has 1 aliphatic rings. The number of halogens is 1. The van der Waals surface area contributed by atoms with Crippen molar-refractivity contribution in [2.45, 2.75) is 6.92 Å². The van der Waals surface area contributed by atoms with Gasteiger partial charge in [0.1, 0.15) is 10.9 Å². The van der Waals surface area contributed by atoms with Crippen LogP contribution in [0.25, 0.3) is 5.69 Å². The first-order valence-corrected chi connectivity index (χ1v) is 8.71. The number of hydrogen-bond donors (Lipinski definition) is 0. The van der Waals surface area contributed by atoms with Crippen molar-refractivity contribution in [3.05, 3.63) is 76.9 Å². The minimum absolute atomic E-state index is 0.0556. The molecule has 8 heteroatoms. The van der Waals surface area contributed by atoms with Crippen LogP contribution in [0.5, 0.6) is 0 Å². The van der Waals surface area contributed by atoms with Gasteiger partial charge in [0.25, 0.3) is 0 Å². The molecule has 2 aromatic rings. The van der Waals surface area contributed by atoms with Crippen molar-refractivity contribution in [1.29, 1.82) is 0 Å². The van der Waals surface area contributed by atoms with Gasteiger partial charge in [-0.1, -0.05) is 17.7 Å². The highest BCUT2D eigenvalue weighted by molar-refractivity contribution is 6.29. The molecule has 1 aliphatic heterocycles. The highest BCUT2D eigenvalue weighted by Gasteiger charge is 2.27. The summed E-state index contributed by atoms with van der Waals surface area (Å²) in [5.74, 6) is -1.30. The second-order valence-electron chi connectivity index (χ2n) is 5.85. The van der Waals surface area contributed by atoms with Crippen LogP contribution in [0, 0.1) is 6.92 Å². The van der Waals surface area contributed by atoms with Gasteiger partial charge in [-0.2, -0.15) is 5.10 Å². The van der Waals surface area contributed by atoms with Crippen LogP contribution in [0.1, 0.15) is 5.69 Å². The number of carbonyl (C=O) groups is 2. The Hall–Kier alpha value is -3.32. The molecule has 0 saturated heterocycles. The molecular formula is C20H18ClN3O4. The molecule has 0 fully saturated rings. The summed E-state index contributed by atoms with van der Waals surface area (Å²) in [6, 6.07) is 8.96. The lowest BCUT2D eigenvalue weighted by Gasteiger charge is -2.23. The molecule has 0 radical (unpaired) electrons. The Morgan fingerprint density at radius 3 is 2.21 bits per heavy atom. The number of allylic oxidation sites excluding steroid dienone is 2. The number of ether oxygens (including phenoxy) is 2. The summed E-state index contributed by atoms with van der Waals surface area (Å²) in [6.07, 6.45) is 6.53. The standard InChI is InChI=1S/C20H18ClN3O4/c1-13-12-17(21)24(22-13)15-9-7-14(8-10-15)23-11-5-4-6-16(19(25)27-2)18(23)20(26)28-3/h4-12H,1-3H3. The summed E-state index contributed by atoms with van der Waals surface area (Å²) >= 11 is 6.19. The number of benzene rings is 1. The zero-order chi connectivity index (χ0) is 20.3. The summed E-state index contributed by atoms with van der Waals surface area (Å²) in [4.78, 5) is 26.2. The summed E-state index contributed by atoms with van der Waals surface area (Å²) in [5.41, 5.74) is 2.35. The quantitative estimate of drug-likeness (QED) is 0.734. The lowest BCUT2D eigenvalue weighted by Crippen LogP contribution is -2.26. The zero-order valence-corrected chi connectivity index (χ0v) is 16.3. The predicted molar refractivity (Wildman–Crippen MR) is 105 cm³/mol. The predicted octanol–water partition coefficient (Wildman–Crippen LogP) is 3.32. The largest absolute Gasteiger partial charge is 0.465 e. The van der Waals surface area contributed by atoms with E-state index in [4.69, 9.17) is 21.1 Å².